The first-order chi connectivity index (χ1) is 16.1. The van der Waals surface area contributed by atoms with Gasteiger partial charge in [0.15, 0.2) is 0 Å². The Morgan fingerprint density at radius 2 is 1.65 bits per heavy atom. The van der Waals surface area contributed by atoms with E-state index in [9.17, 15) is 24.3 Å². The number of rotatable bonds is 2. The van der Waals surface area contributed by atoms with Crippen LogP contribution in [0.4, 0.5) is 11.4 Å². The quantitative estimate of drug-likeness (QED) is 0.676. The van der Waals surface area contributed by atoms with Crippen molar-refractivity contribution in [1.82, 2.24) is 9.80 Å². The molecule has 9 heteroatoms. The predicted octanol–water partition coefficient (Wildman–Crippen LogP) is 1.30. The minimum absolute atomic E-state index is 0.102. The third-order valence-electron chi connectivity index (χ3n) is 7.10. The zero-order valence-corrected chi connectivity index (χ0v) is 19.4. The molecule has 3 heterocycles. The van der Waals surface area contributed by atoms with Crippen LogP contribution in [0, 0.1) is 0 Å². The largest absolute Gasteiger partial charge is 0.381 e. The topological polar surface area (TPSA) is 101 Å². The van der Waals surface area contributed by atoms with Crippen LogP contribution in [0.15, 0.2) is 48.5 Å². The van der Waals surface area contributed by atoms with Crippen LogP contribution in [0.25, 0.3) is 0 Å². The van der Waals surface area contributed by atoms with Crippen LogP contribution in [0.3, 0.4) is 0 Å². The number of anilines is 2. The second-order valence-electron chi connectivity index (χ2n) is 9.27. The molecule has 1 N–H and O–H groups in total. The van der Waals surface area contributed by atoms with Crippen molar-refractivity contribution < 1.29 is 24.3 Å². The molecular formula is C25H26N4O5. The second-order valence-corrected chi connectivity index (χ2v) is 9.27. The van der Waals surface area contributed by atoms with Gasteiger partial charge in [-0.15, -0.1) is 0 Å². The molecule has 0 aliphatic carbocycles. The van der Waals surface area contributed by atoms with Gasteiger partial charge in [-0.1, -0.05) is 30.3 Å². The van der Waals surface area contributed by atoms with E-state index in [0.29, 0.717) is 22.5 Å². The molecule has 4 amide bonds. The molecule has 0 saturated carbocycles. The number of nitrogens with zero attached hydrogens (tertiary/aromatic N) is 4. The van der Waals surface area contributed by atoms with E-state index < -0.39 is 41.6 Å². The average Bonchev–Trinajstić information content (AvgIpc) is 3.25. The highest BCUT2D eigenvalue weighted by Gasteiger charge is 2.67. The fourth-order valence-corrected chi connectivity index (χ4v) is 5.62. The summed E-state index contributed by atoms with van der Waals surface area (Å²) >= 11 is 0. The molecular weight excluding hydrogens is 436 g/mol. The van der Waals surface area contributed by atoms with Gasteiger partial charge in [0.05, 0.1) is 11.3 Å². The van der Waals surface area contributed by atoms with Gasteiger partial charge >= 0.3 is 0 Å². The van der Waals surface area contributed by atoms with Gasteiger partial charge in [0, 0.05) is 38.7 Å². The summed E-state index contributed by atoms with van der Waals surface area (Å²) in [4.78, 5) is 59.0. The smallest absolute Gasteiger partial charge is 0.263 e. The maximum atomic E-state index is 13.7. The predicted molar refractivity (Wildman–Crippen MR) is 124 cm³/mol. The van der Waals surface area contributed by atoms with E-state index in [2.05, 4.69) is 0 Å². The molecule has 0 aromatic heterocycles. The van der Waals surface area contributed by atoms with E-state index in [-0.39, 0.29) is 12.3 Å². The number of piperazine rings is 1. The number of para-hydroxylation sites is 2. The number of carbonyl (C=O) groups excluding carboxylic acids is 4. The van der Waals surface area contributed by atoms with E-state index in [1.807, 2.05) is 0 Å². The summed E-state index contributed by atoms with van der Waals surface area (Å²) in [6.45, 7) is 2.87. The van der Waals surface area contributed by atoms with Gasteiger partial charge in [-0.2, -0.15) is 0 Å². The SMILES string of the molecule is CC(=O)N1c2ccccc2C2(O)CC3C(=O)N(C(=O)c4ccccc4N(C)C)C(C)C(=O)N3C12. The van der Waals surface area contributed by atoms with Crippen molar-refractivity contribution in [2.24, 2.45) is 0 Å². The summed E-state index contributed by atoms with van der Waals surface area (Å²) < 4.78 is 0. The van der Waals surface area contributed by atoms with Gasteiger partial charge in [0.25, 0.3) is 11.8 Å². The normalized spacial score (nSPS) is 27.4. The lowest BCUT2D eigenvalue weighted by molar-refractivity contribution is -0.158. The van der Waals surface area contributed by atoms with Crippen molar-refractivity contribution in [3.8, 4) is 0 Å². The van der Waals surface area contributed by atoms with E-state index in [1.165, 1.54) is 23.6 Å². The van der Waals surface area contributed by atoms with Crippen molar-refractivity contribution in [2.45, 2.75) is 44.1 Å². The molecule has 176 valence electrons. The van der Waals surface area contributed by atoms with Crippen LogP contribution in [0.5, 0.6) is 0 Å². The number of hydrogen-bond acceptors (Lipinski definition) is 6. The molecule has 4 unspecified atom stereocenters. The van der Waals surface area contributed by atoms with Crippen molar-refractivity contribution in [3.63, 3.8) is 0 Å². The molecule has 3 aliphatic rings. The van der Waals surface area contributed by atoms with Gasteiger partial charge in [-0.3, -0.25) is 29.0 Å². The highest BCUT2D eigenvalue weighted by atomic mass is 16.3. The average molecular weight is 463 g/mol. The first kappa shape index (κ1) is 22.1. The number of aliphatic hydroxyl groups is 1. The van der Waals surface area contributed by atoms with Gasteiger partial charge in [0.2, 0.25) is 11.8 Å². The molecule has 5 rings (SSSR count). The number of amides is 4. The first-order valence-corrected chi connectivity index (χ1v) is 11.2. The molecule has 2 aromatic carbocycles. The Labute approximate surface area is 197 Å². The number of hydrogen-bond donors (Lipinski definition) is 1. The maximum absolute atomic E-state index is 13.7. The summed E-state index contributed by atoms with van der Waals surface area (Å²) in [6.07, 6.45) is -1.15. The lowest BCUT2D eigenvalue weighted by Crippen LogP contribution is -2.67. The number of benzene rings is 2. The fraction of sp³-hybridized carbons (Fsp3) is 0.360. The summed E-state index contributed by atoms with van der Waals surface area (Å²) in [5, 5.41) is 11.8. The number of imide groups is 1. The molecule has 0 radical (unpaired) electrons. The fourth-order valence-electron chi connectivity index (χ4n) is 5.62. The highest BCUT2D eigenvalue weighted by molar-refractivity contribution is 6.14. The van der Waals surface area contributed by atoms with Crippen molar-refractivity contribution in [1.29, 1.82) is 0 Å². The molecule has 4 atom stereocenters. The van der Waals surface area contributed by atoms with E-state index in [1.54, 1.807) is 67.5 Å². The number of carbonyl (C=O) groups is 4. The highest BCUT2D eigenvalue weighted by Crippen LogP contribution is 2.54. The summed E-state index contributed by atoms with van der Waals surface area (Å²) in [6, 6.07) is 11.7. The molecule has 2 aromatic rings. The summed E-state index contributed by atoms with van der Waals surface area (Å²) in [7, 11) is 3.59. The molecule has 0 bridgehead atoms. The lowest BCUT2D eigenvalue weighted by atomic mass is 9.90. The molecule has 2 fully saturated rings. The van der Waals surface area contributed by atoms with Crippen LogP contribution < -0.4 is 9.80 Å². The summed E-state index contributed by atoms with van der Waals surface area (Å²) in [5.41, 5.74) is 0.335. The third-order valence-corrected chi connectivity index (χ3v) is 7.10. The van der Waals surface area contributed by atoms with Gasteiger partial charge < -0.3 is 14.9 Å². The van der Waals surface area contributed by atoms with Crippen molar-refractivity contribution >= 4 is 35.0 Å². The molecule has 0 spiro atoms. The standard InChI is InChI=1S/C25H26N4O5/c1-14-21(31)29-20(23(33)27(14)22(32)16-9-5-7-11-18(16)26(3)4)13-25(34)17-10-6-8-12-19(17)28(15(2)30)24(25)29/h5-12,14,20,24,34H,13H2,1-4H3. The van der Waals surface area contributed by atoms with Gasteiger partial charge in [-0.05, 0) is 25.1 Å². The van der Waals surface area contributed by atoms with Crippen molar-refractivity contribution in [3.05, 3.63) is 59.7 Å². The van der Waals surface area contributed by atoms with Crippen LogP contribution in [-0.4, -0.2) is 70.9 Å². The van der Waals surface area contributed by atoms with Gasteiger partial charge in [0.1, 0.15) is 23.9 Å². The minimum Gasteiger partial charge on any atom is -0.381 e. The van der Waals surface area contributed by atoms with E-state index in [0.717, 1.165) is 4.90 Å². The molecule has 3 aliphatic heterocycles. The Balaban J connectivity index is 1.58. The second kappa shape index (κ2) is 7.39. The Bertz CT molecular complexity index is 1240. The van der Waals surface area contributed by atoms with E-state index >= 15 is 0 Å². The van der Waals surface area contributed by atoms with Crippen molar-refractivity contribution in [2.75, 3.05) is 23.9 Å². The molecule has 9 nitrogen and oxygen atoms in total. The monoisotopic (exact) mass is 462 g/mol. The van der Waals surface area contributed by atoms with E-state index in [4.69, 9.17) is 0 Å². The Morgan fingerprint density at radius 1 is 1.00 bits per heavy atom. The Morgan fingerprint density at radius 3 is 2.32 bits per heavy atom. The Kier molecular flexibility index (Phi) is 4.80. The van der Waals surface area contributed by atoms with Crippen LogP contribution in [0.2, 0.25) is 0 Å². The minimum atomic E-state index is -1.61. The van der Waals surface area contributed by atoms with Crippen LogP contribution in [0.1, 0.15) is 36.2 Å². The zero-order valence-electron chi connectivity index (χ0n) is 19.4. The maximum Gasteiger partial charge on any atom is 0.263 e. The van der Waals surface area contributed by atoms with Crippen LogP contribution >= 0.6 is 0 Å². The van der Waals surface area contributed by atoms with Crippen LogP contribution in [-0.2, 0) is 20.0 Å². The third kappa shape index (κ3) is 2.76. The summed E-state index contributed by atoms with van der Waals surface area (Å²) in [5.74, 6) is -1.96. The lowest BCUT2D eigenvalue weighted by Gasteiger charge is -2.43. The zero-order chi connectivity index (χ0) is 24.5. The molecule has 2 saturated heterocycles. The number of fused-ring (bicyclic) bond motifs is 5. The van der Waals surface area contributed by atoms with Gasteiger partial charge in [-0.25, -0.2) is 0 Å². The Hall–Kier alpha value is -3.72. The first-order valence-electron chi connectivity index (χ1n) is 11.2. The molecule has 34 heavy (non-hydrogen) atoms.